The Kier molecular flexibility index (Phi) is 3.64. The maximum absolute atomic E-state index is 5.39. The van der Waals surface area contributed by atoms with E-state index in [4.69, 9.17) is 4.74 Å². The van der Waals surface area contributed by atoms with Crippen LogP contribution in [-0.4, -0.2) is 19.1 Å². The zero-order valence-corrected chi connectivity index (χ0v) is 11.1. The quantitative estimate of drug-likeness (QED) is 0.900. The number of aromatic nitrogens is 1. The lowest BCUT2D eigenvalue weighted by atomic mass is 10.1. The fourth-order valence-corrected chi connectivity index (χ4v) is 2.36. The Labute approximate surface area is 105 Å². The summed E-state index contributed by atoms with van der Waals surface area (Å²) in [4.78, 5) is 4.51. The van der Waals surface area contributed by atoms with Gasteiger partial charge < -0.3 is 10.1 Å². The van der Waals surface area contributed by atoms with Gasteiger partial charge in [0.2, 0.25) is 0 Å². The lowest BCUT2D eigenvalue weighted by Crippen LogP contribution is -1.91. The zero-order chi connectivity index (χ0) is 12.3. The minimum atomic E-state index is 0.871. The summed E-state index contributed by atoms with van der Waals surface area (Å²) in [5.41, 5.74) is 3.32. The number of benzene rings is 1. The fourth-order valence-electron chi connectivity index (χ4n) is 1.69. The molecule has 0 fully saturated rings. The van der Waals surface area contributed by atoms with Crippen molar-refractivity contribution in [2.45, 2.75) is 13.3 Å². The number of ether oxygens (including phenoxy) is 1. The molecule has 0 spiro atoms. The molecule has 17 heavy (non-hydrogen) atoms. The molecule has 0 atom stereocenters. The van der Waals surface area contributed by atoms with Crippen LogP contribution in [0, 0.1) is 0 Å². The number of hydrogen-bond donors (Lipinski definition) is 1. The van der Waals surface area contributed by atoms with Crippen molar-refractivity contribution in [1.82, 2.24) is 4.98 Å². The summed E-state index contributed by atoms with van der Waals surface area (Å²) in [5, 5.41) is 6.01. The van der Waals surface area contributed by atoms with Crippen LogP contribution in [-0.2, 0) is 6.42 Å². The van der Waals surface area contributed by atoms with Gasteiger partial charge in [-0.25, -0.2) is 4.98 Å². The molecule has 2 rings (SSSR count). The zero-order valence-electron chi connectivity index (χ0n) is 10.3. The Hall–Kier alpha value is -1.55. The normalized spacial score (nSPS) is 10.3. The summed E-state index contributed by atoms with van der Waals surface area (Å²) in [6.45, 7) is 2.14. The molecule has 1 aromatic carbocycles. The van der Waals surface area contributed by atoms with E-state index in [9.17, 15) is 0 Å². The first-order valence-corrected chi connectivity index (χ1v) is 6.47. The van der Waals surface area contributed by atoms with Crippen molar-refractivity contribution in [3.05, 3.63) is 29.1 Å². The molecule has 0 unspecified atom stereocenters. The average molecular weight is 248 g/mol. The number of rotatable bonds is 4. The first kappa shape index (κ1) is 11.9. The Morgan fingerprint density at radius 3 is 2.82 bits per heavy atom. The molecule has 1 heterocycles. The lowest BCUT2D eigenvalue weighted by molar-refractivity contribution is 0.416. The molecule has 0 aliphatic heterocycles. The number of hydrogen-bond acceptors (Lipinski definition) is 4. The van der Waals surface area contributed by atoms with Crippen molar-refractivity contribution in [1.29, 1.82) is 0 Å². The Morgan fingerprint density at radius 1 is 1.41 bits per heavy atom. The number of nitrogens with zero attached hydrogens (tertiary/aromatic N) is 1. The molecule has 0 aliphatic carbocycles. The smallest absolute Gasteiger partial charge is 0.182 e. The summed E-state index contributed by atoms with van der Waals surface area (Å²) in [7, 11) is 3.57. The number of methoxy groups -OCH3 is 1. The first-order chi connectivity index (χ1) is 8.28. The van der Waals surface area contributed by atoms with Crippen LogP contribution in [0.15, 0.2) is 23.6 Å². The van der Waals surface area contributed by atoms with Gasteiger partial charge in [-0.05, 0) is 24.1 Å². The van der Waals surface area contributed by atoms with E-state index in [0.717, 1.165) is 28.6 Å². The second kappa shape index (κ2) is 5.19. The number of thiazole rings is 1. The Morgan fingerprint density at radius 2 is 2.24 bits per heavy atom. The second-order valence-electron chi connectivity index (χ2n) is 3.68. The molecule has 90 valence electrons. The van der Waals surface area contributed by atoms with Crippen LogP contribution in [0.1, 0.15) is 12.5 Å². The van der Waals surface area contributed by atoms with Crippen LogP contribution < -0.4 is 10.1 Å². The largest absolute Gasteiger partial charge is 0.496 e. The van der Waals surface area contributed by atoms with Gasteiger partial charge in [-0.15, -0.1) is 11.3 Å². The Bertz CT molecular complexity index is 508. The van der Waals surface area contributed by atoms with E-state index in [-0.39, 0.29) is 0 Å². The fraction of sp³-hybridized carbons (Fsp3) is 0.308. The lowest BCUT2D eigenvalue weighted by Gasteiger charge is -2.08. The molecule has 0 amide bonds. The second-order valence-corrected chi connectivity index (χ2v) is 4.53. The van der Waals surface area contributed by atoms with Crippen LogP contribution in [0.3, 0.4) is 0 Å². The summed E-state index contributed by atoms with van der Waals surface area (Å²) < 4.78 is 5.39. The predicted molar refractivity (Wildman–Crippen MR) is 73.0 cm³/mol. The van der Waals surface area contributed by atoms with Gasteiger partial charge in [-0.2, -0.15) is 0 Å². The third-order valence-electron chi connectivity index (χ3n) is 2.67. The van der Waals surface area contributed by atoms with E-state index in [2.05, 4.69) is 29.4 Å². The van der Waals surface area contributed by atoms with E-state index in [1.165, 1.54) is 5.56 Å². The molecule has 0 aliphatic rings. The highest BCUT2D eigenvalue weighted by Crippen LogP contribution is 2.32. The maximum Gasteiger partial charge on any atom is 0.182 e. The Balaban J connectivity index is 2.47. The van der Waals surface area contributed by atoms with Crippen molar-refractivity contribution in [3.8, 4) is 17.0 Å². The summed E-state index contributed by atoms with van der Waals surface area (Å²) in [6, 6.07) is 6.24. The number of anilines is 1. The highest BCUT2D eigenvalue weighted by atomic mass is 32.1. The maximum atomic E-state index is 5.39. The molecular formula is C13H16N2OS. The molecule has 0 radical (unpaired) electrons. The average Bonchev–Trinajstić information content (AvgIpc) is 2.86. The molecule has 0 saturated heterocycles. The van der Waals surface area contributed by atoms with Crippen molar-refractivity contribution in [3.63, 3.8) is 0 Å². The predicted octanol–water partition coefficient (Wildman–Crippen LogP) is 3.42. The standard InChI is InChI=1S/C13H16N2OS/c1-4-9-5-6-12(16-3)10(7-9)11-8-17-13(14-2)15-11/h5-8H,4H2,1-3H3,(H,14,15). The van der Waals surface area contributed by atoms with E-state index in [1.54, 1.807) is 18.4 Å². The molecule has 0 bridgehead atoms. The topological polar surface area (TPSA) is 34.1 Å². The van der Waals surface area contributed by atoms with E-state index in [0.29, 0.717) is 0 Å². The van der Waals surface area contributed by atoms with E-state index < -0.39 is 0 Å². The number of nitrogens with one attached hydrogen (secondary N) is 1. The summed E-state index contributed by atoms with van der Waals surface area (Å²) >= 11 is 1.60. The third kappa shape index (κ3) is 2.42. The minimum Gasteiger partial charge on any atom is -0.496 e. The minimum absolute atomic E-state index is 0.871. The van der Waals surface area contributed by atoms with E-state index in [1.807, 2.05) is 18.5 Å². The SMILES string of the molecule is CCc1ccc(OC)c(-c2csc(NC)n2)c1. The van der Waals surface area contributed by atoms with Crippen molar-refractivity contribution < 1.29 is 4.74 Å². The number of aryl methyl sites for hydroxylation is 1. The van der Waals surface area contributed by atoms with E-state index >= 15 is 0 Å². The van der Waals surface area contributed by atoms with Crippen LogP contribution >= 0.6 is 11.3 Å². The van der Waals surface area contributed by atoms with Gasteiger partial charge in [0.15, 0.2) is 5.13 Å². The summed E-state index contributed by atoms with van der Waals surface area (Å²) in [5.74, 6) is 0.871. The monoisotopic (exact) mass is 248 g/mol. The van der Waals surface area contributed by atoms with Gasteiger partial charge in [0.25, 0.3) is 0 Å². The molecule has 0 saturated carbocycles. The van der Waals surface area contributed by atoms with Crippen LogP contribution in [0.25, 0.3) is 11.3 Å². The van der Waals surface area contributed by atoms with Gasteiger partial charge >= 0.3 is 0 Å². The highest BCUT2D eigenvalue weighted by molar-refractivity contribution is 7.14. The molecule has 1 N–H and O–H groups in total. The van der Waals surface area contributed by atoms with Crippen molar-refractivity contribution in [2.24, 2.45) is 0 Å². The van der Waals surface area contributed by atoms with Gasteiger partial charge in [-0.3, -0.25) is 0 Å². The van der Waals surface area contributed by atoms with Crippen molar-refractivity contribution in [2.75, 3.05) is 19.5 Å². The van der Waals surface area contributed by atoms with Crippen LogP contribution in [0.2, 0.25) is 0 Å². The molecular weight excluding hydrogens is 232 g/mol. The van der Waals surface area contributed by atoms with Crippen LogP contribution in [0.4, 0.5) is 5.13 Å². The van der Waals surface area contributed by atoms with Gasteiger partial charge in [-0.1, -0.05) is 13.0 Å². The molecule has 3 nitrogen and oxygen atoms in total. The van der Waals surface area contributed by atoms with Gasteiger partial charge in [0.1, 0.15) is 5.75 Å². The molecule has 1 aromatic heterocycles. The molecule has 2 aromatic rings. The van der Waals surface area contributed by atoms with Gasteiger partial charge in [0, 0.05) is 18.0 Å². The van der Waals surface area contributed by atoms with Crippen molar-refractivity contribution >= 4 is 16.5 Å². The first-order valence-electron chi connectivity index (χ1n) is 5.59. The highest BCUT2D eigenvalue weighted by Gasteiger charge is 2.10. The molecule has 4 heteroatoms. The van der Waals surface area contributed by atoms with Gasteiger partial charge in [0.05, 0.1) is 12.8 Å². The van der Waals surface area contributed by atoms with Crippen LogP contribution in [0.5, 0.6) is 5.75 Å². The summed E-state index contributed by atoms with van der Waals surface area (Å²) in [6.07, 6.45) is 1.01. The third-order valence-corrected chi connectivity index (χ3v) is 3.53.